The van der Waals surface area contributed by atoms with E-state index >= 15 is 0 Å². The number of aromatic nitrogens is 2. The molecule has 1 saturated heterocycles. The fourth-order valence-corrected chi connectivity index (χ4v) is 2.77. The highest BCUT2D eigenvalue weighted by Gasteiger charge is 2.22. The molecule has 116 valence electrons. The zero-order chi connectivity index (χ0) is 15.5. The number of piperazine rings is 1. The number of benzene rings is 1. The van der Waals surface area contributed by atoms with Crippen LogP contribution in [-0.2, 0) is 13.6 Å². The van der Waals surface area contributed by atoms with E-state index in [-0.39, 0.29) is 5.91 Å². The highest BCUT2D eigenvalue weighted by Crippen LogP contribution is 2.12. The van der Waals surface area contributed by atoms with E-state index < -0.39 is 0 Å². The highest BCUT2D eigenvalue weighted by molar-refractivity contribution is 5.93. The van der Waals surface area contributed by atoms with Crippen molar-refractivity contribution in [1.82, 2.24) is 19.6 Å². The SMILES string of the molecule is Cc1ccc(CN2CCN(C(=O)c3cnn(C)c3)CC2)cc1. The van der Waals surface area contributed by atoms with Crippen molar-refractivity contribution in [2.75, 3.05) is 26.2 Å². The van der Waals surface area contributed by atoms with Crippen LogP contribution in [-0.4, -0.2) is 51.7 Å². The third kappa shape index (κ3) is 3.36. The van der Waals surface area contributed by atoms with Crippen LogP contribution in [0.3, 0.4) is 0 Å². The third-order valence-corrected chi connectivity index (χ3v) is 4.14. The fraction of sp³-hybridized carbons (Fsp3) is 0.412. The fourth-order valence-electron chi connectivity index (χ4n) is 2.77. The zero-order valence-electron chi connectivity index (χ0n) is 13.2. The molecule has 0 N–H and O–H groups in total. The van der Waals surface area contributed by atoms with Crippen molar-refractivity contribution in [2.24, 2.45) is 7.05 Å². The maximum atomic E-state index is 12.4. The second kappa shape index (κ2) is 6.32. The van der Waals surface area contributed by atoms with E-state index in [0.717, 1.165) is 32.7 Å². The minimum Gasteiger partial charge on any atom is -0.336 e. The van der Waals surface area contributed by atoms with Gasteiger partial charge in [-0.25, -0.2) is 0 Å². The normalized spacial score (nSPS) is 16.0. The Morgan fingerprint density at radius 1 is 1.14 bits per heavy atom. The number of rotatable bonds is 3. The topological polar surface area (TPSA) is 41.4 Å². The molecule has 0 unspecified atom stereocenters. The molecule has 0 atom stereocenters. The molecule has 1 amide bonds. The Hall–Kier alpha value is -2.14. The minimum atomic E-state index is 0.0862. The van der Waals surface area contributed by atoms with Crippen molar-refractivity contribution in [2.45, 2.75) is 13.5 Å². The highest BCUT2D eigenvalue weighted by atomic mass is 16.2. The maximum Gasteiger partial charge on any atom is 0.257 e. The van der Waals surface area contributed by atoms with Crippen molar-refractivity contribution in [3.63, 3.8) is 0 Å². The molecule has 0 aliphatic carbocycles. The van der Waals surface area contributed by atoms with E-state index in [2.05, 4.69) is 41.2 Å². The molecule has 0 radical (unpaired) electrons. The van der Waals surface area contributed by atoms with Crippen LogP contribution in [0.4, 0.5) is 0 Å². The molecule has 1 aliphatic rings. The van der Waals surface area contributed by atoms with E-state index in [1.54, 1.807) is 17.1 Å². The molecule has 3 rings (SSSR count). The lowest BCUT2D eigenvalue weighted by atomic mass is 10.1. The van der Waals surface area contributed by atoms with Crippen molar-refractivity contribution in [3.05, 3.63) is 53.3 Å². The minimum absolute atomic E-state index is 0.0862. The zero-order valence-corrected chi connectivity index (χ0v) is 13.2. The van der Waals surface area contributed by atoms with Gasteiger partial charge in [0.2, 0.25) is 0 Å². The van der Waals surface area contributed by atoms with Gasteiger partial charge < -0.3 is 4.90 Å². The Morgan fingerprint density at radius 3 is 2.41 bits per heavy atom. The second-order valence-corrected chi connectivity index (χ2v) is 5.96. The van der Waals surface area contributed by atoms with Crippen molar-refractivity contribution < 1.29 is 4.79 Å². The molecule has 0 bridgehead atoms. The van der Waals surface area contributed by atoms with Crippen molar-refractivity contribution in [3.8, 4) is 0 Å². The summed E-state index contributed by atoms with van der Waals surface area (Å²) < 4.78 is 1.67. The van der Waals surface area contributed by atoms with Gasteiger partial charge in [-0.05, 0) is 12.5 Å². The summed E-state index contributed by atoms with van der Waals surface area (Å²) in [5.41, 5.74) is 3.29. The van der Waals surface area contributed by atoms with E-state index in [1.807, 2.05) is 11.9 Å². The first kappa shape index (κ1) is 14.8. The standard InChI is InChI=1S/C17H22N4O/c1-14-3-5-15(6-4-14)12-20-7-9-21(10-8-20)17(22)16-11-18-19(2)13-16/h3-6,11,13H,7-10,12H2,1-2H3. The molecule has 0 saturated carbocycles. The molecule has 2 heterocycles. The number of aryl methyl sites for hydroxylation is 2. The Morgan fingerprint density at radius 2 is 1.82 bits per heavy atom. The van der Waals surface area contributed by atoms with Gasteiger partial charge in [0.25, 0.3) is 5.91 Å². The average Bonchev–Trinajstić information content (AvgIpc) is 2.96. The summed E-state index contributed by atoms with van der Waals surface area (Å²) in [5, 5.41) is 4.07. The average molecular weight is 298 g/mol. The predicted molar refractivity (Wildman–Crippen MR) is 85.6 cm³/mol. The molecular formula is C17H22N4O. The van der Waals surface area contributed by atoms with Gasteiger partial charge in [0.15, 0.2) is 0 Å². The van der Waals surface area contributed by atoms with Crippen LogP contribution in [0.1, 0.15) is 21.5 Å². The third-order valence-electron chi connectivity index (χ3n) is 4.14. The monoisotopic (exact) mass is 298 g/mol. The predicted octanol–water partition coefficient (Wildman–Crippen LogP) is 1.69. The molecule has 2 aromatic rings. The summed E-state index contributed by atoms with van der Waals surface area (Å²) in [6, 6.07) is 8.67. The van der Waals surface area contributed by atoms with Crippen molar-refractivity contribution >= 4 is 5.91 Å². The number of hydrogen-bond acceptors (Lipinski definition) is 3. The van der Waals surface area contributed by atoms with Gasteiger partial charge in [0.05, 0.1) is 11.8 Å². The molecule has 1 fully saturated rings. The molecule has 5 nitrogen and oxygen atoms in total. The Labute approximate surface area is 131 Å². The van der Waals surface area contributed by atoms with Gasteiger partial charge >= 0.3 is 0 Å². The maximum absolute atomic E-state index is 12.4. The summed E-state index contributed by atoms with van der Waals surface area (Å²) in [7, 11) is 1.83. The smallest absolute Gasteiger partial charge is 0.257 e. The van der Waals surface area contributed by atoms with Crippen LogP contribution in [0.2, 0.25) is 0 Å². The Kier molecular flexibility index (Phi) is 4.24. The summed E-state index contributed by atoms with van der Waals surface area (Å²) >= 11 is 0. The first-order valence-corrected chi connectivity index (χ1v) is 7.67. The lowest BCUT2D eigenvalue weighted by Crippen LogP contribution is -2.48. The molecule has 0 spiro atoms. The van der Waals surface area contributed by atoms with Crippen LogP contribution < -0.4 is 0 Å². The van der Waals surface area contributed by atoms with E-state index in [9.17, 15) is 4.79 Å². The van der Waals surface area contributed by atoms with Crippen molar-refractivity contribution in [1.29, 1.82) is 0 Å². The van der Waals surface area contributed by atoms with Gasteiger partial charge in [-0.15, -0.1) is 0 Å². The first-order valence-electron chi connectivity index (χ1n) is 7.67. The number of nitrogens with zero attached hydrogens (tertiary/aromatic N) is 4. The number of carbonyl (C=O) groups is 1. The molecular weight excluding hydrogens is 276 g/mol. The van der Waals surface area contributed by atoms with Crippen LogP contribution in [0.5, 0.6) is 0 Å². The molecule has 1 aromatic heterocycles. The quantitative estimate of drug-likeness (QED) is 0.866. The summed E-state index contributed by atoms with van der Waals surface area (Å²) in [6.45, 7) is 6.45. The Bertz CT molecular complexity index is 639. The van der Waals surface area contributed by atoms with Crippen LogP contribution in [0, 0.1) is 6.92 Å². The van der Waals surface area contributed by atoms with Crippen LogP contribution in [0.15, 0.2) is 36.7 Å². The molecule has 1 aliphatic heterocycles. The van der Waals surface area contributed by atoms with Gasteiger partial charge in [-0.1, -0.05) is 29.8 Å². The van der Waals surface area contributed by atoms with Gasteiger partial charge in [0.1, 0.15) is 0 Å². The molecule has 22 heavy (non-hydrogen) atoms. The Balaban J connectivity index is 1.54. The number of amides is 1. The first-order chi connectivity index (χ1) is 10.6. The van der Waals surface area contributed by atoms with Gasteiger partial charge in [-0.2, -0.15) is 5.10 Å². The van der Waals surface area contributed by atoms with Crippen LogP contribution in [0.25, 0.3) is 0 Å². The summed E-state index contributed by atoms with van der Waals surface area (Å²) in [5.74, 6) is 0.0862. The van der Waals surface area contributed by atoms with Crippen LogP contribution >= 0.6 is 0 Å². The van der Waals surface area contributed by atoms with Gasteiger partial charge in [0, 0.05) is 46.0 Å². The molecule has 5 heteroatoms. The summed E-state index contributed by atoms with van der Waals surface area (Å²) in [4.78, 5) is 16.7. The second-order valence-electron chi connectivity index (χ2n) is 5.96. The van der Waals surface area contributed by atoms with E-state index in [4.69, 9.17) is 0 Å². The van der Waals surface area contributed by atoms with E-state index in [1.165, 1.54) is 11.1 Å². The lowest BCUT2D eigenvalue weighted by molar-refractivity contribution is 0.0628. The largest absolute Gasteiger partial charge is 0.336 e. The lowest BCUT2D eigenvalue weighted by Gasteiger charge is -2.34. The summed E-state index contributed by atoms with van der Waals surface area (Å²) in [6.07, 6.45) is 3.42. The molecule has 1 aromatic carbocycles. The van der Waals surface area contributed by atoms with E-state index in [0.29, 0.717) is 5.56 Å². The number of carbonyl (C=O) groups excluding carboxylic acids is 1. The van der Waals surface area contributed by atoms with Gasteiger partial charge in [-0.3, -0.25) is 14.4 Å². The number of hydrogen-bond donors (Lipinski definition) is 0.